The molecule has 0 bridgehead atoms. The van der Waals surface area contributed by atoms with Crippen molar-refractivity contribution in [2.75, 3.05) is 0 Å². The first-order valence-electron chi connectivity index (χ1n) is 5.33. The van der Waals surface area contributed by atoms with Gasteiger partial charge in [0.25, 0.3) is 0 Å². The minimum Gasteiger partial charge on any atom is -0.480 e. The van der Waals surface area contributed by atoms with Crippen molar-refractivity contribution < 1.29 is 23.1 Å². The highest BCUT2D eigenvalue weighted by atomic mass is 19.1. The van der Waals surface area contributed by atoms with Crippen LogP contribution >= 0.6 is 0 Å². The maximum absolute atomic E-state index is 12.7. The van der Waals surface area contributed by atoms with Crippen molar-refractivity contribution in [1.29, 1.82) is 0 Å². The van der Waals surface area contributed by atoms with Crippen LogP contribution in [0, 0.1) is 0 Å². The zero-order valence-corrected chi connectivity index (χ0v) is 9.63. The van der Waals surface area contributed by atoms with E-state index in [-0.39, 0.29) is 23.1 Å². The number of carboxylic acids is 1. The average Bonchev–Trinajstić information content (AvgIpc) is 2.37. The number of halogens is 3. The Morgan fingerprint density at radius 1 is 1.17 bits per heavy atom. The number of carbonyl (C=O) groups is 1. The van der Waals surface area contributed by atoms with E-state index in [2.05, 4.69) is 0 Å². The van der Waals surface area contributed by atoms with Gasteiger partial charge in [-0.2, -0.15) is 0 Å². The van der Waals surface area contributed by atoms with Gasteiger partial charge in [0, 0.05) is 0 Å². The van der Waals surface area contributed by atoms with Crippen LogP contribution in [0.3, 0.4) is 0 Å². The van der Waals surface area contributed by atoms with Gasteiger partial charge in [0.1, 0.15) is 26.1 Å². The summed E-state index contributed by atoms with van der Waals surface area (Å²) in [4.78, 5) is 10.6. The summed E-state index contributed by atoms with van der Waals surface area (Å²) in [6, 6.07) is 1.51. The lowest BCUT2D eigenvalue weighted by molar-refractivity contribution is -0.138. The molecule has 0 spiro atoms. The number of hydrogen-bond donors (Lipinski definition) is 2. The summed E-state index contributed by atoms with van der Waals surface area (Å²) >= 11 is 0. The Kier molecular flexibility index (Phi) is 5.15. The van der Waals surface area contributed by atoms with Gasteiger partial charge in [0.05, 0.1) is 0 Å². The molecule has 0 fully saturated rings. The molecule has 0 radical (unpaired) electrons. The number of benzene rings is 1. The van der Waals surface area contributed by atoms with Crippen LogP contribution in [0.5, 0.6) is 0 Å². The first-order chi connectivity index (χ1) is 8.53. The van der Waals surface area contributed by atoms with Crippen LogP contribution in [0.1, 0.15) is 22.3 Å². The lowest BCUT2D eigenvalue weighted by Gasteiger charge is -2.13. The fourth-order valence-electron chi connectivity index (χ4n) is 1.74. The summed E-state index contributed by atoms with van der Waals surface area (Å²) in [5, 5.41) is 8.66. The van der Waals surface area contributed by atoms with Crippen molar-refractivity contribution in [1.82, 2.24) is 0 Å². The SMILES string of the molecule is N[C@@H](Cc1cc(CF)c(CF)c(CF)c1)C(=O)O. The molecule has 1 rings (SSSR count). The van der Waals surface area contributed by atoms with Gasteiger partial charge < -0.3 is 10.8 Å². The molecule has 3 nitrogen and oxygen atoms in total. The number of rotatable bonds is 6. The van der Waals surface area contributed by atoms with E-state index in [1.165, 1.54) is 12.1 Å². The fourth-order valence-corrected chi connectivity index (χ4v) is 1.74. The molecule has 0 aliphatic carbocycles. The second-order valence-electron chi connectivity index (χ2n) is 3.94. The number of aliphatic carboxylic acids is 1. The summed E-state index contributed by atoms with van der Waals surface area (Å²) in [7, 11) is 0. The highest BCUT2D eigenvalue weighted by molar-refractivity contribution is 5.73. The van der Waals surface area contributed by atoms with E-state index in [0.29, 0.717) is 5.56 Å². The largest absolute Gasteiger partial charge is 0.480 e. The number of nitrogens with two attached hydrogens (primary N) is 1. The lowest BCUT2D eigenvalue weighted by Crippen LogP contribution is -2.32. The molecule has 1 atom stereocenters. The number of carboxylic acid groups (broad SMARTS) is 1. The van der Waals surface area contributed by atoms with Crippen molar-refractivity contribution in [3.8, 4) is 0 Å². The van der Waals surface area contributed by atoms with Gasteiger partial charge in [-0.15, -0.1) is 0 Å². The van der Waals surface area contributed by atoms with Crippen molar-refractivity contribution in [2.24, 2.45) is 5.73 Å². The quantitative estimate of drug-likeness (QED) is 0.823. The number of alkyl halides is 3. The third kappa shape index (κ3) is 3.22. The first kappa shape index (κ1) is 14.5. The van der Waals surface area contributed by atoms with Crippen LogP contribution in [-0.2, 0) is 31.2 Å². The molecule has 3 N–H and O–H groups in total. The summed E-state index contributed by atoms with van der Waals surface area (Å²) < 4.78 is 38.1. The second kappa shape index (κ2) is 6.39. The van der Waals surface area contributed by atoms with E-state index >= 15 is 0 Å². The Hall–Kier alpha value is -1.56. The molecule has 6 heteroatoms. The van der Waals surface area contributed by atoms with Gasteiger partial charge in [-0.1, -0.05) is 12.1 Å². The van der Waals surface area contributed by atoms with Crippen LogP contribution in [0.15, 0.2) is 12.1 Å². The zero-order valence-electron chi connectivity index (χ0n) is 9.63. The molecule has 18 heavy (non-hydrogen) atoms. The van der Waals surface area contributed by atoms with E-state index in [1.807, 2.05) is 0 Å². The average molecular weight is 261 g/mol. The minimum absolute atomic E-state index is 0.00681. The van der Waals surface area contributed by atoms with Crippen LogP contribution in [0.2, 0.25) is 0 Å². The Morgan fingerprint density at radius 3 is 2.00 bits per heavy atom. The van der Waals surface area contributed by atoms with Gasteiger partial charge in [0.2, 0.25) is 0 Å². The van der Waals surface area contributed by atoms with E-state index in [4.69, 9.17) is 10.8 Å². The van der Waals surface area contributed by atoms with Crippen molar-refractivity contribution >= 4 is 5.97 Å². The molecule has 0 saturated carbocycles. The van der Waals surface area contributed by atoms with Gasteiger partial charge in [0.15, 0.2) is 0 Å². The first-order valence-corrected chi connectivity index (χ1v) is 5.33. The lowest BCUT2D eigenvalue weighted by atomic mass is 9.96. The second-order valence-corrected chi connectivity index (χ2v) is 3.94. The van der Waals surface area contributed by atoms with Gasteiger partial charge in [-0.3, -0.25) is 4.79 Å². The summed E-state index contributed by atoms with van der Waals surface area (Å²) in [6.45, 7) is -2.81. The third-order valence-electron chi connectivity index (χ3n) is 2.69. The minimum atomic E-state index is -1.20. The molecule has 0 aliphatic heterocycles. The topological polar surface area (TPSA) is 63.3 Å². The Bertz CT molecular complexity index is 412. The Morgan fingerprint density at radius 2 is 1.67 bits per heavy atom. The maximum atomic E-state index is 12.7. The molecule has 0 amide bonds. The molecule has 1 aromatic carbocycles. The molecule has 0 heterocycles. The summed E-state index contributed by atoms with van der Waals surface area (Å²) in [6.07, 6.45) is -0.0537. The van der Waals surface area contributed by atoms with Gasteiger partial charge >= 0.3 is 5.97 Å². The Labute approximate surface area is 102 Å². The van der Waals surface area contributed by atoms with E-state index in [9.17, 15) is 18.0 Å². The summed E-state index contributed by atoms with van der Waals surface area (Å²) in [5.74, 6) is -1.20. The normalized spacial score (nSPS) is 12.4. The number of hydrogen-bond acceptors (Lipinski definition) is 2. The Balaban J connectivity index is 3.11. The molecule has 0 aliphatic rings. The predicted octanol–water partition coefficient (Wildman–Crippen LogP) is 2.05. The molecule has 0 aromatic heterocycles. The standard InChI is InChI=1S/C12H14F3NO2/c13-4-8-1-7(3-11(16)12(17)18)2-9(5-14)10(8)6-15/h1-2,11H,3-6,16H2,(H,17,18)/t11-/m0/s1. The zero-order chi connectivity index (χ0) is 13.7. The van der Waals surface area contributed by atoms with Crippen LogP contribution in [0.4, 0.5) is 13.2 Å². The molecule has 0 unspecified atom stereocenters. The highest BCUT2D eigenvalue weighted by Crippen LogP contribution is 2.22. The van der Waals surface area contributed by atoms with E-state index in [1.54, 1.807) is 0 Å². The van der Waals surface area contributed by atoms with Gasteiger partial charge in [-0.05, 0) is 28.7 Å². The smallest absolute Gasteiger partial charge is 0.320 e. The van der Waals surface area contributed by atoms with Crippen molar-refractivity contribution in [2.45, 2.75) is 32.5 Å². The molecule has 1 aromatic rings. The van der Waals surface area contributed by atoms with E-state index < -0.39 is 32.0 Å². The van der Waals surface area contributed by atoms with Gasteiger partial charge in [-0.25, -0.2) is 13.2 Å². The molecular formula is C12H14F3NO2. The maximum Gasteiger partial charge on any atom is 0.320 e. The molecular weight excluding hydrogens is 247 g/mol. The van der Waals surface area contributed by atoms with Crippen molar-refractivity contribution in [3.05, 3.63) is 34.4 Å². The van der Waals surface area contributed by atoms with E-state index in [0.717, 1.165) is 0 Å². The van der Waals surface area contributed by atoms with Crippen LogP contribution in [0.25, 0.3) is 0 Å². The van der Waals surface area contributed by atoms with Crippen LogP contribution in [-0.4, -0.2) is 17.1 Å². The predicted molar refractivity (Wildman–Crippen MR) is 60.2 cm³/mol. The highest BCUT2D eigenvalue weighted by Gasteiger charge is 2.16. The molecule has 0 saturated heterocycles. The monoisotopic (exact) mass is 261 g/mol. The summed E-state index contributed by atoms with van der Waals surface area (Å²) in [5.41, 5.74) is 5.81. The van der Waals surface area contributed by atoms with Crippen molar-refractivity contribution in [3.63, 3.8) is 0 Å². The fraction of sp³-hybridized carbons (Fsp3) is 0.417. The molecule has 100 valence electrons. The third-order valence-corrected chi connectivity index (χ3v) is 2.69. The van der Waals surface area contributed by atoms with Crippen LogP contribution < -0.4 is 5.73 Å².